The molecule has 0 unspecified atom stereocenters. The topological polar surface area (TPSA) is 0 Å². The zero-order chi connectivity index (χ0) is 25.5. The maximum Gasteiger partial charge on any atom is -0.00389 e. The molecule has 6 aromatic rings. The molecule has 0 bridgehead atoms. The highest BCUT2D eigenvalue weighted by molar-refractivity contribution is 6.05. The highest BCUT2D eigenvalue weighted by Gasteiger charge is 2.07. The van der Waals surface area contributed by atoms with Crippen molar-refractivity contribution in [3.05, 3.63) is 144 Å². The minimum Gasteiger partial charge on any atom is -0.0656 e. The van der Waals surface area contributed by atoms with E-state index in [2.05, 4.69) is 159 Å². The first kappa shape index (κ1) is 24.3. The first-order valence-electron chi connectivity index (χ1n) is 13.1. The number of hydrogen-bond acceptors (Lipinski definition) is 0. The third kappa shape index (κ3) is 5.39. The van der Waals surface area contributed by atoms with Crippen molar-refractivity contribution in [3.63, 3.8) is 0 Å². The van der Waals surface area contributed by atoms with Crippen molar-refractivity contribution in [1.29, 1.82) is 0 Å². The molecule has 2 aliphatic rings. The standard InChI is InChI=1S/2C12H8.C10H8.C3H8/c2*1-3-9-4-2-6-11-8-7-10(5-1)12(9)11;1-2-6-10-8-4-3-7-9(10)5-1;1-3-2/h2*1-8H;1-8H;3H2,1-2H3. The summed E-state index contributed by atoms with van der Waals surface area (Å²) in [5, 5.41) is 8.11. The Morgan fingerprint density at radius 1 is 0.324 bits per heavy atom. The maximum atomic E-state index is 2.18. The van der Waals surface area contributed by atoms with Crippen LogP contribution in [0.4, 0.5) is 0 Å². The van der Waals surface area contributed by atoms with Gasteiger partial charge in [0.05, 0.1) is 0 Å². The lowest BCUT2D eigenvalue weighted by molar-refractivity contribution is 1.09. The molecule has 0 fully saturated rings. The minimum atomic E-state index is 1.25. The fraction of sp³-hybridized carbons (Fsp3) is 0.0811. The third-order valence-corrected chi connectivity index (χ3v) is 6.48. The van der Waals surface area contributed by atoms with Gasteiger partial charge < -0.3 is 0 Å². The highest BCUT2D eigenvalue weighted by Crippen LogP contribution is 2.31. The van der Waals surface area contributed by atoms with E-state index in [1.807, 2.05) is 0 Å². The largest absolute Gasteiger partial charge is 0.0656 e. The molecule has 8 rings (SSSR count). The van der Waals surface area contributed by atoms with E-state index in [4.69, 9.17) is 0 Å². The first-order chi connectivity index (χ1) is 18.3. The summed E-state index contributed by atoms with van der Waals surface area (Å²) in [6.45, 7) is 4.25. The van der Waals surface area contributed by atoms with Crippen molar-refractivity contribution in [3.8, 4) is 0 Å². The van der Waals surface area contributed by atoms with Crippen LogP contribution in [-0.4, -0.2) is 0 Å². The van der Waals surface area contributed by atoms with Gasteiger partial charge >= 0.3 is 0 Å². The molecule has 37 heavy (non-hydrogen) atoms. The van der Waals surface area contributed by atoms with Crippen LogP contribution in [0.5, 0.6) is 0 Å². The van der Waals surface area contributed by atoms with Crippen LogP contribution >= 0.6 is 0 Å². The molecule has 0 N–H and O–H groups in total. The summed E-state index contributed by atoms with van der Waals surface area (Å²) < 4.78 is 0. The van der Waals surface area contributed by atoms with E-state index in [1.54, 1.807) is 0 Å². The summed E-state index contributed by atoms with van der Waals surface area (Å²) >= 11 is 0. The second-order valence-electron chi connectivity index (χ2n) is 9.31. The van der Waals surface area contributed by atoms with Crippen molar-refractivity contribution < 1.29 is 0 Å². The molecule has 0 heterocycles. The monoisotopic (exact) mass is 476 g/mol. The fourth-order valence-electron chi connectivity index (χ4n) is 4.85. The molecule has 180 valence electrons. The van der Waals surface area contributed by atoms with Gasteiger partial charge in [-0.2, -0.15) is 0 Å². The van der Waals surface area contributed by atoms with Crippen molar-refractivity contribution >= 4 is 56.6 Å². The second kappa shape index (κ2) is 11.5. The fourth-order valence-corrected chi connectivity index (χ4v) is 4.85. The van der Waals surface area contributed by atoms with Crippen LogP contribution in [0.25, 0.3) is 56.6 Å². The Morgan fingerprint density at radius 2 is 0.568 bits per heavy atom. The second-order valence-corrected chi connectivity index (χ2v) is 9.31. The number of rotatable bonds is 0. The average molecular weight is 477 g/mol. The molecule has 2 aliphatic carbocycles. The Kier molecular flexibility index (Phi) is 7.58. The predicted molar refractivity (Wildman–Crippen MR) is 166 cm³/mol. The van der Waals surface area contributed by atoms with E-state index in [0.717, 1.165) is 0 Å². The van der Waals surface area contributed by atoms with E-state index in [0.29, 0.717) is 0 Å². The Balaban J connectivity index is 0.000000108. The van der Waals surface area contributed by atoms with E-state index in [9.17, 15) is 0 Å². The lowest BCUT2D eigenvalue weighted by Crippen LogP contribution is -1.76. The Labute approximate surface area is 220 Å². The van der Waals surface area contributed by atoms with Gasteiger partial charge in [0.15, 0.2) is 0 Å². The predicted octanol–water partition coefficient (Wildman–Crippen LogP) is 10.9. The van der Waals surface area contributed by atoms with Gasteiger partial charge in [-0.25, -0.2) is 0 Å². The van der Waals surface area contributed by atoms with Gasteiger partial charge in [0.1, 0.15) is 0 Å². The smallest absolute Gasteiger partial charge is 0.00389 e. The van der Waals surface area contributed by atoms with E-state index in [1.165, 1.54) is 61.0 Å². The van der Waals surface area contributed by atoms with Crippen molar-refractivity contribution in [2.75, 3.05) is 0 Å². The molecule has 0 spiro atoms. The van der Waals surface area contributed by atoms with E-state index < -0.39 is 0 Å². The van der Waals surface area contributed by atoms with Crippen molar-refractivity contribution in [1.82, 2.24) is 0 Å². The first-order valence-corrected chi connectivity index (χ1v) is 13.1. The summed E-state index contributed by atoms with van der Waals surface area (Å²) in [6, 6.07) is 42.4. The third-order valence-electron chi connectivity index (χ3n) is 6.48. The van der Waals surface area contributed by atoms with Crippen LogP contribution in [0, 0.1) is 0 Å². The molecule has 0 amide bonds. The van der Waals surface area contributed by atoms with Crippen LogP contribution in [0.15, 0.2) is 121 Å². The molecule has 0 nitrogen and oxygen atoms in total. The molecular formula is C37H32. The molecule has 6 aromatic carbocycles. The maximum absolute atomic E-state index is 2.18. The molecule has 0 heteroatoms. The van der Waals surface area contributed by atoms with Gasteiger partial charge in [0.25, 0.3) is 0 Å². The van der Waals surface area contributed by atoms with Gasteiger partial charge in [0.2, 0.25) is 0 Å². The van der Waals surface area contributed by atoms with Crippen LogP contribution in [-0.2, 0) is 0 Å². The average Bonchev–Trinajstić information content (AvgIpc) is 3.58. The van der Waals surface area contributed by atoms with Gasteiger partial charge in [0, 0.05) is 0 Å². The summed E-state index contributed by atoms with van der Waals surface area (Å²) in [7, 11) is 0. The lowest BCUT2D eigenvalue weighted by atomic mass is 10.0. The molecule has 0 radical (unpaired) electrons. The summed E-state index contributed by atoms with van der Waals surface area (Å²) in [5.41, 5.74) is 5.40. The number of benzene rings is 6. The number of hydrogen-bond donors (Lipinski definition) is 0. The quantitative estimate of drug-likeness (QED) is 0.204. The molecule has 0 saturated carbocycles. The number of fused-ring (bicyclic) bond motifs is 1. The summed E-state index contributed by atoms with van der Waals surface area (Å²) in [5.74, 6) is 0. The van der Waals surface area contributed by atoms with Gasteiger partial charge in [-0.15, -0.1) is 0 Å². The SMILES string of the molecule is C1=Cc2cccc3cccc1c23.C1=Cc2cccc3cccc1c23.CCC.c1ccc2ccccc2c1. The van der Waals surface area contributed by atoms with E-state index >= 15 is 0 Å². The van der Waals surface area contributed by atoms with Gasteiger partial charge in [-0.3, -0.25) is 0 Å². The van der Waals surface area contributed by atoms with Crippen LogP contribution in [0.1, 0.15) is 42.5 Å². The summed E-state index contributed by atoms with van der Waals surface area (Å²) in [6.07, 6.45) is 9.96. The minimum absolute atomic E-state index is 1.25. The Hall–Kier alpha value is -4.42. The molecule has 0 aromatic heterocycles. The molecule has 0 saturated heterocycles. The Bertz CT molecular complexity index is 1480. The normalized spacial score (nSPS) is 11.4. The lowest BCUT2D eigenvalue weighted by Gasteiger charge is -1.99. The van der Waals surface area contributed by atoms with Crippen molar-refractivity contribution in [2.24, 2.45) is 0 Å². The van der Waals surface area contributed by atoms with Crippen molar-refractivity contribution in [2.45, 2.75) is 20.3 Å². The van der Waals surface area contributed by atoms with Gasteiger partial charge in [-0.1, -0.05) is 166 Å². The van der Waals surface area contributed by atoms with Gasteiger partial charge in [-0.05, 0) is 54.6 Å². The van der Waals surface area contributed by atoms with E-state index in [-0.39, 0.29) is 0 Å². The van der Waals surface area contributed by atoms with Crippen LogP contribution in [0.2, 0.25) is 0 Å². The molecular weight excluding hydrogens is 444 g/mol. The van der Waals surface area contributed by atoms with Crippen LogP contribution < -0.4 is 0 Å². The summed E-state index contributed by atoms with van der Waals surface area (Å²) in [4.78, 5) is 0. The zero-order valence-corrected chi connectivity index (χ0v) is 21.6. The molecule has 0 aliphatic heterocycles. The molecule has 0 atom stereocenters. The van der Waals surface area contributed by atoms with Crippen LogP contribution in [0.3, 0.4) is 0 Å². The Morgan fingerprint density at radius 3 is 0.838 bits per heavy atom. The highest BCUT2D eigenvalue weighted by atomic mass is 14.1. The zero-order valence-electron chi connectivity index (χ0n) is 21.6.